The van der Waals surface area contributed by atoms with Gasteiger partial charge in [0.05, 0.1) is 0 Å². The summed E-state index contributed by atoms with van der Waals surface area (Å²) in [4.78, 5) is 2.36. The zero-order chi connectivity index (χ0) is 14.6. The van der Waals surface area contributed by atoms with E-state index in [2.05, 4.69) is 30.5 Å². The highest BCUT2D eigenvalue weighted by Crippen LogP contribution is 2.36. The third-order valence-electron chi connectivity index (χ3n) is 4.79. The van der Waals surface area contributed by atoms with Crippen LogP contribution in [0.3, 0.4) is 0 Å². The highest BCUT2D eigenvalue weighted by Gasteiger charge is 2.41. The van der Waals surface area contributed by atoms with Crippen molar-refractivity contribution in [1.29, 1.82) is 0 Å². The number of nitrogens with two attached hydrogens (primary N) is 1. The van der Waals surface area contributed by atoms with Crippen molar-refractivity contribution in [3.8, 4) is 0 Å². The molecule has 3 nitrogen and oxygen atoms in total. The van der Waals surface area contributed by atoms with Crippen LogP contribution in [0.5, 0.6) is 0 Å². The molecule has 1 fully saturated rings. The Morgan fingerprint density at radius 2 is 2.00 bits per heavy atom. The molecule has 0 radical (unpaired) electrons. The highest BCUT2D eigenvalue weighted by molar-refractivity contribution is 6.30. The Balaban J connectivity index is 2.20. The van der Waals surface area contributed by atoms with Crippen molar-refractivity contribution < 1.29 is 0 Å². The smallest absolute Gasteiger partial charge is 0.0434 e. The van der Waals surface area contributed by atoms with Crippen molar-refractivity contribution in [3.63, 3.8) is 0 Å². The van der Waals surface area contributed by atoms with E-state index >= 15 is 0 Å². The van der Waals surface area contributed by atoms with E-state index in [1.54, 1.807) is 0 Å². The van der Waals surface area contributed by atoms with Crippen LogP contribution in [0.1, 0.15) is 37.7 Å². The van der Waals surface area contributed by atoms with Gasteiger partial charge in [-0.3, -0.25) is 11.3 Å². The monoisotopic (exact) mass is 295 g/mol. The Bertz CT molecular complexity index is 427. The Morgan fingerprint density at radius 1 is 1.30 bits per heavy atom. The molecule has 1 aromatic rings. The number of nitrogens with zero attached hydrogens (tertiary/aromatic N) is 1. The number of likely N-dealkylation sites (N-methyl/N-ethyl adjacent to an activating group) is 1. The molecule has 1 aliphatic carbocycles. The van der Waals surface area contributed by atoms with E-state index < -0.39 is 0 Å². The zero-order valence-electron chi connectivity index (χ0n) is 12.5. The first kappa shape index (κ1) is 15.8. The van der Waals surface area contributed by atoms with Crippen molar-refractivity contribution in [2.24, 2.45) is 5.84 Å². The van der Waals surface area contributed by atoms with Crippen LogP contribution in [0, 0.1) is 0 Å². The van der Waals surface area contributed by atoms with E-state index in [0.29, 0.717) is 0 Å². The standard InChI is InChI=1S/C16H26ClN3/c1-20(2)16(9-4-3-5-10-16)15(19-18)12-13-7-6-8-14(17)11-13/h6-8,11,15,19H,3-5,9-10,12,18H2,1-2H3. The molecule has 1 unspecified atom stereocenters. The molecule has 0 heterocycles. The summed E-state index contributed by atoms with van der Waals surface area (Å²) in [6.45, 7) is 0. The van der Waals surface area contributed by atoms with Crippen LogP contribution in [0.15, 0.2) is 24.3 Å². The van der Waals surface area contributed by atoms with Crippen LogP contribution in [-0.4, -0.2) is 30.6 Å². The van der Waals surface area contributed by atoms with Gasteiger partial charge in [-0.05, 0) is 51.1 Å². The molecule has 1 aliphatic rings. The molecule has 0 aromatic heterocycles. The number of rotatable bonds is 5. The van der Waals surface area contributed by atoms with E-state index in [0.717, 1.165) is 11.4 Å². The molecule has 3 N–H and O–H groups in total. The maximum absolute atomic E-state index is 6.09. The van der Waals surface area contributed by atoms with Crippen LogP contribution >= 0.6 is 11.6 Å². The molecule has 112 valence electrons. The average Bonchev–Trinajstić information content (AvgIpc) is 2.45. The van der Waals surface area contributed by atoms with Gasteiger partial charge in [-0.15, -0.1) is 0 Å². The SMILES string of the molecule is CN(C)C1(C(Cc2cccc(Cl)c2)NN)CCCCC1. The van der Waals surface area contributed by atoms with Gasteiger partial charge in [-0.25, -0.2) is 0 Å². The molecular formula is C16H26ClN3. The zero-order valence-corrected chi connectivity index (χ0v) is 13.3. The van der Waals surface area contributed by atoms with Gasteiger partial charge in [0.15, 0.2) is 0 Å². The van der Waals surface area contributed by atoms with Crippen LogP contribution in [0.2, 0.25) is 5.02 Å². The molecule has 0 saturated heterocycles. The minimum absolute atomic E-state index is 0.148. The fourth-order valence-corrected chi connectivity index (χ4v) is 3.79. The maximum Gasteiger partial charge on any atom is 0.0434 e. The number of hydrogen-bond acceptors (Lipinski definition) is 3. The maximum atomic E-state index is 6.09. The Kier molecular flexibility index (Phi) is 5.44. The quantitative estimate of drug-likeness (QED) is 0.648. The summed E-state index contributed by atoms with van der Waals surface area (Å²) in [6.07, 6.45) is 7.22. The average molecular weight is 296 g/mol. The fraction of sp³-hybridized carbons (Fsp3) is 0.625. The third kappa shape index (κ3) is 3.34. The van der Waals surface area contributed by atoms with Crippen LogP contribution in [0.25, 0.3) is 0 Å². The lowest BCUT2D eigenvalue weighted by molar-refractivity contribution is 0.0569. The first-order chi connectivity index (χ1) is 9.58. The lowest BCUT2D eigenvalue weighted by Gasteiger charge is -2.48. The second kappa shape index (κ2) is 6.90. The van der Waals surface area contributed by atoms with Gasteiger partial charge in [-0.1, -0.05) is 43.0 Å². The van der Waals surface area contributed by atoms with Crippen molar-refractivity contribution in [2.45, 2.75) is 50.1 Å². The first-order valence-corrected chi connectivity index (χ1v) is 7.84. The minimum Gasteiger partial charge on any atom is -0.302 e. The van der Waals surface area contributed by atoms with E-state index in [1.807, 2.05) is 18.2 Å². The van der Waals surface area contributed by atoms with Crippen molar-refractivity contribution in [1.82, 2.24) is 10.3 Å². The van der Waals surface area contributed by atoms with E-state index in [4.69, 9.17) is 17.4 Å². The van der Waals surface area contributed by atoms with Crippen LogP contribution in [-0.2, 0) is 6.42 Å². The predicted octanol–water partition coefficient (Wildman–Crippen LogP) is 2.98. The van der Waals surface area contributed by atoms with Crippen molar-refractivity contribution in [2.75, 3.05) is 14.1 Å². The molecule has 0 amide bonds. The summed E-state index contributed by atoms with van der Waals surface area (Å²) >= 11 is 6.09. The topological polar surface area (TPSA) is 41.3 Å². The normalized spacial score (nSPS) is 20.1. The summed E-state index contributed by atoms with van der Waals surface area (Å²) in [5.41, 5.74) is 4.47. The number of hydrogen-bond donors (Lipinski definition) is 2. The third-order valence-corrected chi connectivity index (χ3v) is 5.02. The number of halogens is 1. The van der Waals surface area contributed by atoms with Gasteiger partial charge in [0.2, 0.25) is 0 Å². The molecule has 0 aliphatic heterocycles. The van der Waals surface area contributed by atoms with Gasteiger partial charge in [0.25, 0.3) is 0 Å². The molecule has 1 saturated carbocycles. The Hall–Kier alpha value is -0.610. The minimum atomic E-state index is 0.148. The van der Waals surface area contributed by atoms with Gasteiger partial charge >= 0.3 is 0 Å². The molecule has 1 atom stereocenters. The van der Waals surface area contributed by atoms with E-state index in [9.17, 15) is 0 Å². The predicted molar refractivity (Wildman–Crippen MR) is 85.8 cm³/mol. The van der Waals surface area contributed by atoms with E-state index in [1.165, 1.54) is 37.7 Å². The first-order valence-electron chi connectivity index (χ1n) is 7.46. The van der Waals surface area contributed by atoms with Crippen LogP contribution < -0.4 is 11.3 Å². The van der Waals surface area contributed by atoms with Crippen molar-refractivity contribution in [3.05, 3.63) is 34.9 Å². The molecule has 4 heteroatoms. The van der Waals surface area contributed by atoms with Gasteiger partial charge < -0.3 is 4.90 Å². The summed E-state index contributed by atoms with van der Waals surface area (Å²) in [5.74, 6) is 5.90. The molecule has 0 bridgehead atoms. The number of hydrazine groups is 1. The summed E-state index contributed by atoms with van der Waals surface area (Å²) < 4.78 is 0. The second-order valence-electron chi connectivity index (χ2n) is 6.11. The lowest BCUT2D eigenvalue weighted by Crippen LogP contribution is -2.62. The molecule has 1 aromatic carbocycles. The van der Waals surface area contributed by atoms with Crippen LogP contribution in [0.4, 0.5) is 0 Å². The van der Waals surface area contributed by atoms with Crippen molar-refractivity contribution >= 4 is 11.6 Å². The van der Waals surface area contributed by atoms with Gasteiger partial charge in [-0.2, -0.15) is 0 Å². The molecule has 0 spiro atoms. The summed E-state index contributed by atoms with van der Waals surface area (Å²) in [5, 5.41) is 0.792. The number of benzene rings is 1. The largest absolute Gasteiger partial charge is 0.302 e. The Morgan fingerprint density at radius 3 is 2.55 bits per heavy atom. The lowest BCUT2D eigenvalue weighted by atomic mass is 9.73. The van der Waals surface area contributed by atoms with E-state index in [-0.39, 0.29) is 11.6 Å². The highest BCUT2D eigenvalue weighted by atomic mass is 35.5. The van der Waals surface area contributed by atoms with Gasteiger partial charge in [0, 0.05) is 16.6 Å². The molecule has 2 rings (SSSR count). The molecule has 20 heavy (non-hydrogen) atoms. The Labute approximate surface area is 127 Å². The fourth-order valence-electron chi connectivity index (χ4n) is 3.58. The summed E-state index contributed by atoms with van der Waals surface area (Å²) in [6, 6.07) is 8.34. The summed E-state index contributed by atoms with van der Waals surface area (Å²) in [7, 11) is 4.35. The number of nitrogens with one attached hydrogen (secondary N) is 1. The second-order valence-corrected chi connectivity index (χ2v) is 6.55. The van der Waals surface area contributed by atoms with Gasteiger partial charge in [0.1, 0.15) is 0 Å². The molecular weight excluding hydrogens is 270 g/mol.